The SMILES string of the molecule is Clc1sc(CNCCc2nnc3ccccn23)cc1Br. The van der Waals surface area contributed by atoms with Gasteiger partial charge in [-0.3, -0.25) is 4.40 Å². The van der Waals surface area contributed by atoms with Gasteiger partial charge in [-0.2, -0.15) is 0 Å². The first-order valence-corrected chi connectivity index (χ1v) is 8.16. The van der Waals surface area contributed by atoms with E-state index in [0.29, 0.717) is 0 Å². The minimum absolute atomic E-state index is 0.797. The first-order valence-electron chi connectivity index (χ1n) is 6.17. The van der Waals surface area contributed by atoms with Gasteiger partial charge in [-0.25, -0.2) is 0 Å². The zero-order chi connectivity index (χ0) is 13.9. The van der Waals surface area contributed by atoms with Crippen molar-refractivity contribution in [2.45, 2.75) is 13.0 Å². The van der Waals surface area contributed by atoms with Crippen LogP contribution in [0.4, 0.5) is 0 Å². The zero-order valence-corrected chi connectivity index (χ0v) is 13.7. The van der Waals surface area contributed by atoms with Crippen LogP contribution in [0.2, 0.25) is 4.34 Å². The molecule has 3 heterocycles. The molecule has 0 saturated carbocycles. The third kappa shape index (κ3) is 3.03. The summed E-state index contributed by atoms with van der Waals surface area (Å²) in [5.74, 6) is 0.971. The highest BCUT2D eigenvalue weighted by Crippen LogP contribution is 2.31. The van der Waals surface area contributed by atoms with Gasteiger partial charge in [0.1, 0.15) is 10.2 Å². The Morgan fingerprint density at radius 1 is 1.35 bits per heavy atom. The van der Waals surface area contributed by atoms with E-state index < -0.39 is 0 Å². The summed E-state index contributed by atoms with van der Waals surface area (Å²) in [5.41, 5.74) is 0.886. The van der Waals surface area contributed by atoms with Gasteiger partial charge in [-0.1, -0.05) is 17.7 Å². The second-order valence-corrected chi connectivity index (χ2v) is 6.90. The van der Waals surface area contributed by atoms with Crippen molar-refractivity contribution in [3.63, 3.8) is 0 Å². The molecule has 0 unspecified atom stereocenters. The van der Waals surface area contributed by atoms with Crippen LogP contribution in [0.5, 0.6) is 0 Å². The van der Waals surface area contributed by atoms with Crippen molar-refractivity contribution in [2.75, 3.05) is 6.54 Å². The number of halogens is 2. The molecule has 7 heteroatoms. The van der Waals surface area contributed by atoms with E-state index in [-0.39, 0.29) is 0 Å². The number of hydrogen-bond acceptors (Lipinski definition) is 4. The summed E-state index contributed by atoms with van der Waals surface area (Å²) >= 11 is 11.0. The Bertz CT molecular complexity index is 705. The second-order valence-electron chi connectivity index (χ2n) is 4.31. The van der Waals surface area contributed by atoms with E-state index in [1.807, 2.05) is 34.9 Å². The predicted molar refractivity (Wildman–Crippen MR) is 85.4 cm³/mol. The van der Waals surface area contributed by atoms with Crippen LogP contribution in [0.1, 0.15) is 10.7 Å². The van der Waals surface area contributed by atoms with Gasteiger partial charge >= 0.3 is 0 Å². The van der Waals surface area contributed by atoms with Gasteiger partial charge in [0.25, 0.3) is 0 Å². The molecule has 0 amide bonds. The second kappa shape index (κ2) is 6.22. The topological polar surface area (TPSA) is 42.2 Å². The molecule has 20 heavy (non-hydrogen) atoms. The molecule has 0 spiro atoms. The van der Waals surface area contributed by atoms with Crippen molar-refractivity contribution in [1.29, 1.82) is 0 Å². The Labute approximate surface area is 133 Å². The Balaban J connectivity index is 1.55. The van der Waals surface area contributed by atoms with E-state index in [1.54, 1.807) is 11.3 Å². The molecular weight excluding hydrogens is 360 g/mol. The van der Waals surface area contributed by atoms with Crippen LogP contribution >= 0.6 is 38.9 Å². The summed E-state index contributed by atoms with van der Waals surface area (Å²) in [6, 6.07) is 7.95. The minimum Gasteiger partial charge on any atom is -0.311 e. The monoisotopic (exact) mass is 370 g/mol. The van der Waals surface area contributed by atoms with E-state index >= 15 is 0 Å². The van der Waals surface area contributed by atoms with Gasteiger partial charge in [-0.05, 0) is 34.1 Å². The molecule has 3 aromatic rings. The average Bonchev–Trinajstić information content (AvgIpc) is 3.00. The van der Waals surface area contributed by atoms with Crippen LogP contribution in [-0.4, -0.2) is 21.1 Å². The van der Waals surface area contributed by atoms with Crippen LogP contribution in [0.25, 0.3) is 5.65 Å². The van der Waals surface area contributed by atoms with Crippen molar-refractivity contribution in [1.82, 2.24) is 19.9 Å². The summed E-state index contributed by atoms with van der Waals surface area (Å²) in [6.45, 7) is 1.66. The lowest BCUT2D eigenvalue weighted by atomic mass is 10.3. The summed E-state index contributed by atoms with van der Waals surface area (Å²) in [5, 5.41) is 11.7. The average molecular weight is 372 g/mol. The number of fused-ring (bicyclic) bond motifs is 1. The van der Waals surface area contributed by atoms with E-state index in [9.17, 15) is 0 Å². The molecule has 0 aliphatic heterocycles. The fourth-order valence-electron chi connectivity index (χ4n) is 1.95. The molecule has 0 fully saturated rings. The van der Waals surface area contributed by atoms with Crippen molar-refractivity contribution in [3.05, 3.63) is 50.0 Å². The molecule has 3 rings (SSSR count). The zero-order valence-electron chi connectivity index (χ0n) is 10.5. The first kappa shape index (κ1) is 14.0. The van der Waals surface area contributed by atoms with E-state index in [1.165, 1.54) is 4.88 Å². The molecule has 0 atom stereocenters. The minimum atomic E-state index is 0.797. The highest BCUT2D eigenvalue weighted by atomic mass is 79.9. The Kier molecular flexibility index (Phi) is 4.35. The molecule has 0 aliphatic rings. The lowest BCUT2D eigenvalue weighted by Gasteiger charge is -2.02. The number of aromatic nitrogens is 3. The van der Waals surface area contributed by atoms with Crippen molar-refractivity contribution < 1.29 is 0 Å². The Morgan fingerprint density at radius 2 is 2.25 bits per heavy atom. The van der Waals surface area contributed by atoms with Crippen LogP contribution in [0.15, 0.2) is 34.9 Å². The number of nitrogens with zero attached hydrogens (tertiary/aromatic N) is 3. The molecule has 0 aromatic carbocycles. The highest BCUT2D eigenvalue weighted by Gasteiger charge is 2.06. The van der Waals surface area contributed by atoms with Gasteiger partial charge in [0.15, 0.2) is 5.65 Å². The number of rotatable bonds is 5. The van der Waals surface area contributed by atoms with Crippen molar-refractivity contribution >= 4 is 44.5 Å². The van der Waals surface area contributed by atoms with E-state index in [0.717, 1.165) is 39.8 Å². The normalized spacial score (nSPS) is 11.3. The van der Waals surface area contributed by atoms with Gasteiger partial charge in [0.05, 0.1) is 0 Å². The number of thiophene rings is 1. The smallest absolute Gasteiger partial charge is 0.160 e. The maximum absolute atomic E-state index is 6.01. The maximum atomic E-state index is 6.01. The fourth-order valence-corrected chi connectivity index (χ4v) is 3.71. The lowest BCUT2D eigenvalue weighted by molar-refractivity contribution is 0.672. The standard InChI is InChI=1S/C13H12BrClN4S/c14-10-7-9(20-13(10)15)8-16-5-4-12-18-17-11-3-1-2-6-19(11)12/h1-3,6-7,16H,4-5,8H2. The van der Waals surface area contributed by atoms with Gasteiger partial charge in [0, 0.05) is 35.1 Å². The molecular formula is C13H12BrClN4S. The molecule has 0 radical (unpaired) electrons. The molecule has 3 aromatic heterocycles. The predicted octanol–water partition coefficient (Wildman–Crippen LogP) is 3.54. The lowest BCUT2D eigenvalue weighted by Crippen LogP contribution is -2.17. The van der Waals surface area contributed by atoms with Crippen LogP contribution < -0.4 is 5.32 Å². The van der Waals surface area contributed by atoms with Crippen LogP contribution in [0.3, 0.4) is 0 Å². The molecule has 0 aliphatic carbocycles. The quantitative estimate of drug-likeness (QED) is 0.698. The summed E-state index contributed by atoms with van der Waals surface area (Å²) in [6.07, 6.45) is 2.83. The molecule has 4 nitrogen and oxygen atoms in total. The molecule has 104 valence electrons. The van der Waals surface area contributed by atoms with Crippen molar-refractivity contribution in [2.24, 2.45) is 0 Å². The first-order chi connectivity index (χ1) is 9.74. The van der Waals surface area contributed by atoms with Gasteiger partial charge in [0.2, 0.25) is 0 Å². The van der Waals surface area contributed by atoms with Crippen LogP contribution in [-0.2, 0) is 13.0 Å². The third-order valence-corrected chi connectivity index (χ3v) is 5.38. The number of nitrogens with one attached hydrogen (secondary N) is 1. The number of hydrogen-bond donors (Lipinski definition) is 1. The molecule has 1 N–H and O–H groups in total. The van der Waals surface area contributed by atoms with E-state index in [4.69, 9.17) is 11.6 Å². The summed E-state index contributed by atoms with van der Waals surface area (Å²) in [7, 11) is 0. The van der Waals surface area contributed by atoms with Gasteiger partial charge in [-0.15, -0.1) is 21.5 Å². The molecule has 0 bridgehead atoms. The van der Waals surface area contributed by atoms with Crippen molar-refractivity contribution in [3.8, 4) is 0 Å². The van der Waals surface area contributed by atoms with Gasteiger partial charge < -0.3 is 5.32 Å². The Morgan fingerprint density at radius 3 is 3.05 bits per heavy atom. The fraction of sp³-hybridized carbons (Fsp3) is 0.231. The third-order valence-electron chi connectivity index (χ3n) is 2.91. The maximum Gasteiger partial charge on any atom is 0.160 e. The molecule has 0 saturated heterocycles. The van der Waals surface area contributed by atoms with Crippen LogP contribution in [0, 0.1) is 0 Å². The Hall–Kier alpha value is -0.950. The summed E-state index contributed by atoms with van der Waals surface area (Å²) in [4.78, 5) is 1.22. The largest absolute Gasteiger partial charge is 0.311 e. The van der Waals surface area contributed by atoms with E-state index in [2.05, 4.69) is 31.4 Å². The summed E-state index contributed by atoms with van der Waals surface area (Å²) < 4.78 is 3.77. The highest BCUT2D eigenvalue weighted by molar-refractivity contribution is 9.10. The number of pyridine rings is 1.